The maximum atomic E-state index is 12.3. The number of nitrogens with one attached hydrogen (secondary N) is 1. The molecule has 1 aromatic carbocycles. The lowest BCUT2D eigenvalue weighted by Crippen LogP contribution is -2.11. The SMILES string of the molecule is CCCCCc1nnc(NC(=O)c2ccc3ncsc3c2)s1. The Hall–Kier alpha value is -1.86. The van der Waals surface area contributed by atoms with Crippen LogP contribution in [0.15, 0.2) is 23.7 Å². The zero-order valence-electron chi connectivity index (χ0n) is 12.2. The van der Waals surface area contributed by atoms with E-state index in [0.717, 1.165) is 28.1 Å². The average Bonchev–Trinajstić information content (AvgIpc) is 3.15. The summed E-state index contributed by atoms with van der Waals surface area (Å²) in [5.74, 6) is -0.161. The summed E-state index contributed by atoms with van der Waals surface area (Å²) in [6, 6.07) is 5.49. The van der Waals surface area contributed by atoms with Gasteiger partial charge < -0.3 is 0 Å². The lowest BCUT2D eigenvalue weighted by molar-refractivity contribution is 0.102. The lowest BCUT2D eigenvalue weighted by Gasteiger charge is -2.00. The van der Waals surface area contributed by atoms with Crippen LogP contribution in [0.1, 0.15) is 41.6 Å². The minimum atomic E-state index is -0.161. The van der Waals surface area contributed by atoms with E-state index in [1.54, 1.807) is 11.6 Å². The number of hydrogen-bond acceptors (Lipinski definition) is 6. The van der Waals surface area contributed by atoms with Crippen LogP contribution in [0.5, 0.6) is 0 Å². The molecule has 0 bridgehead atoms. The molecule has 1 N–H and O–H groups in total. The Bertz CT molecular complexity index is 781. The summed E-state index contributed by atoms with van der Waals surface area (Å²) >= 11 is 2.97. The molecule has 2 aromatic heterocycles. The summed E-state index contributed by atoms with van der Waals surface area (Å²) in [4.78, 5) is 16.5. The van der Waals surface area contributed by atoms with Gasteiger partial charge in [0.05, 0.1) is 15.7 Å². The summed E-state index contributed by atoms with van der Waals surface area (Å²) in [5.41, 5.74) is 3.30. The summed E-state index contributed by atoms with van der Waals surface area (Å²) in [7, 11) is 0. The van der Waals surface area contributed by atoms with Crippen LogP contribution in [0, 0.1) is 0 Å². The first-order chi connectivity index (χ1) is 10.8. The molecule has 0 aliphatic carbocycles. The van der Waals surface area contributed by atoms with Gasteiger partial charge in [0.2, 0.25) is 5.13 Å². The van der Waals surface area contributed by atoms with Gasteiger partial charge in [0.25, 0.3) is 5.91 Å². The van der Waals surface area contributed by atoms with Crippen LogP contribution in [0.4, 0.5) is 5.13 Å². The predicted molar refractivity (Wildman–Crippen MR) is 90.7 cm³/mol. The molecule has 114 valence electrons. The molecule has 22 heavy (non-hydrogen) atoms. The van der Waals surface area contributed by atoms with Gasteiger partial charge in [-0.05, 0) is 24.6 Å². The number of nitrogens with zero attached hydrogens (tertiary/aromatic N) is 3. The van der Waals surface area contributed by atoms with Crippen molar-refractivity contribution in [1.82, 2.24) is 15.2 Å². The predicted octanol–water partition coefficient (Wildman–Crippen LogP) is 4.13. The van der Waals surface area contributed by atoms with E-state index < -0.39 is 0 Å². The van der Waals surface area contributed by atoms with Crippen molar-refractivity contribution in [3.05, 3.63) is 34.3 Å². The van der Waals surface area contributed by atoms with Gasteiger partial charge in [-0.1, -0.05) is 31.1 Å². The van der Waals surface area contributed by atoms with Gasteiger partial charge in [0.15, 0.2) is 0 Å². The Balaban J connectivity index is 1.65. The normalized spacial score (nSPS) is 11.0. The van der Waals surface area contributed by atoms with Crippen LogP contribution in [-0.4, -0.2) is 21.1 Å². The zero-order valence-corrected chi connectivity index (χ0v) is 13.8. The lowest BCUT2D eigenvalue weighted by atomic mass is 10.2. The smallest absolute Gasteiger partial charge is 0.257 e. The van der Waals surface area contributed by atoms with E-state index in [4.69, 9.17) is 0 Å². The molecule has 2 heterocycles. The monoisotopic (exact) mass is 332 g/mol. The molecule has 0 aliphatic heterocycles. The van der Waals surface area contributed by atoms with Crippen molar-refractivity contribution in [3.8, 4) is 0 Å². The summed E-state index contributed by atoms with van der Waals surface area (Å²) in [6.45, 7) is 2.17. The standard InChI is InChI=1S/C15H16N4OS2/c1-2-3-4-5-13-18-19-15(22-13)17-14(20)10-6-7-11-12(8-10)21-9-16-11/h6-9H,2-5H2,1H3,(H,17,19,20). The molecule has 0 spiro atoms. The number of hydrogen-bond donors (Lipinski definition) is 1. The van der Waals surface area contributed by atoms with E-state index in [0.29, 0.717) is 10.7 Å². The highest BCUT2D eigenvalue weighted by atomic mass is 32.1. The maximum Gasteiger partial charge on any atom is 0.257 e. The maximum absolute atomic E-state index is 12.3. The zero-order chi connectivity index (χ0) is 15.4. The molecule has 0 fully saturated rings. The first kappa shape index (κ1) is 15.1. The quantitative estimate of drug-likeness (QED) is 0.689. The number of unbranched alkanes of at least 4 members (excludes halogenated alkanes) is 2. The van der Waals surface area contributed by atoms with Crippen molar-refractivity contribution >= 4 is 43.9 Å². The van der Waals surface area contributed by atoms with Crippen LogP contribution < -0.4 is 5.32 Å². The third-order valence-electron chi connectivity index (χ3n) is 3.27. The number of aromatic nitrogens is 3. The molecule has 0 atom stereocenters. The van der Waals surface area contributed by atoms with E-state index in [9.17, 15) is 4.79 Å². The van der Waals surface area contributed by atoms with Gasteiger partial charge in [0, 0.05) is 12.0 Å². The molecular formula is C15H16N4OS2. The van der Waals surface area contributed by atoms with Crippen molar-refractivity contribution in [2.24, 2.45) is 0 Å². The van der Waals surface area contributed by atoms with Gasteiger partial charge >= 0.3 is 0 Å². The van der Waals surface area contributed by atoms with Crippen LogP contribution >= 0.6 is 22.7 Å². The Kier molecular flexibility index (Phi) is 4.74. The highest BCUT2D eigenvalue weighted by Crippen LogP contribution is 2.21. The van der Waals surface area contributed by atoms with E-state index in [1.807, 2.05) is 12.1 Å². The van der Waals surface area contributed by atoms with Crippen molar-refractivity contribution in [2.75, 3.05) is 5.32 Å². The Morgan fingerprint density at radius 2 is 2.18 bits per heavy atom. The summed E-state index contributed by atoms with van der Waals surface area (Å²) in [6.07, 6.45) is 4.41. The number of amides is 1. The minimum Gasteiger partial charge on any atom is -0.296 e. The molecule has 0 unspecified atom stereocenters. The number of rotatable bonds is 6. The molecule has 0 radical (unpaired) electrons. The van der Waals surface area contributed by atoms with Gasteiger partial charge in [-0.2, -0.15) is 0 Å². The largest absolute Gasteiger partial charge is 0.296 e. The molecular weight excluding hydrogens is 316 g/mol. The number of anilines is 1. The third-order valence-corrected chi connectivity index (χ3v) is 4.97. The Labute approximate surface area is 136 Å². The van der Waals surface area contributed by atoms with Crippen LogP contribution in [0.3, 0.4) is 0 Å². The van der Waals surface area contributed by atoms with Crippen molar-refractivity contribution < 1.29 is 4.79 Å². The topological polar surface area (TPSA) is 67.8 Å². The molecule has 0 aliphatic rings. The summed E-state index contributed by atoms with van der Waals surface area (Å²) in [5, 5.41) is 12.5. The minimum absolute atomic E-state index is 0.161. The molecule has 3 rings (SSSR count). The number of thiazole rings is 1. The van der Waals surface area contributed by atoms with Crippen LogP contribution in [0.2, 0.25) is 0 Å². The highest BCUT2D eigenvalue weighted by molar-refractivity contribution is 7.16. The van der Waals surface area contributed by atoms with Gasteiger partial charge in [-0.3, -0.25) is 10.1 Å². The molecule has 7 heteroatoms. The second kappa shape index (κ2) is 6.93. The van der Waals surface area contributed by atoms with Gasteiger partial charge in [-0.15, -0.1) is 21.5 Å². The molecule has 5 nitrogen and oxygen atoms in total. The van der Waals surface area contributed by atoms with Crippen LogP contribution in [-0.2, 0) is 6.42 Å². The number of benzene rings is 1. The van der Waals surface area contributed by atoms with Crippen molar-refractivity contribution in [3.63, 3.8) is 0 Å². The fourth-order valence-corrected chi connectivity index (χ4v) is 3.59. The first-order valence-electron chi connectivity index (χ1n) is 7.23. The average molecular weight is 332 g/mol. The van der Waals surface area contributed by atoms with E-state index in [-0.39, 0.29) is 5.91 Å². The molecule has 3 aromatic rings. The highest BCUT2D eigenvalue weighted by Gasteiger charge is 2.11. The molecule has 1 amide bonds. The second-order valence-electron chi connectivity index (χ2n) is 4.95. The Morgan fingerprint density at radius 3 is 3.05 bits per heavy atom. The number of aryl methyl sites for hydroxylation is 1. The molecule has 0 saturated heterocycles. The second-order valence-corrected chi connectivity index (χ2v) is 6.90. The first-order valence-corrected chi connectivity index (χ1v) is 8.93. The fourth-order valence-electron chi connectivity index (χ4n) is 2.10. The van der Waals surface area contributed by atoms with Crippen LogP contribution in [0.25, 0.3) is 10.2 Å². The van der Waals surface area contributed by atoms with Gasteiger partial charge in [0.1, 0.15) is 5.01 Å². The third kappa shape index (κ3) is 3.48. The number of carbonyl (C=O) groups is 1. The fraction of sp³-hybridized carbons (Fsp3) is 0.333. The molecule has 0 saturated carbocycles. The van der Waals surface area contributed by atoms with E-state index in [1.165, 1.54) is 35.5 Å². The number of carbonyl (C=O) groups excluding carboxylic acids is 1. The van der Waals surface area contributed by atoms with Crippen molar-refractivity contribution in [1.29, 1.82) is 0 Å². The Morgan fingerprint density at radius 1 is 1.27 bits per heavy atom. The number of fused-ring (bicyclic) bond motifs is 1. The van der Waals surface area contributed by atoms with E-state index in [2.05, 4.69) is 27.4 Å². The van der Waals surface area contributed by atoms with Crippen molar-refractivity contribution in [2.45, 2.75) is 32.6 Å². The van der Waals surface area contributed by atoms with Gasteiger partial charge in [-0.25, -0.2) is 4.98 Å². The summed E-state index contributed by atoms with van der Waals surface area (Å²) < 4.78 is 1.00. The van der Waals surface area contributed by atoms with E-state index >= 15 is 0 Å².